The summed E-state index contributed by atoms with van der Waals surface area (Å²) in [5, 5.41) is 5.94. The SMILES string of the molecule is CC1(CN)CCN(C(=O)CCc2nc(-c3cc(Br)cs3)no2)C1. The van der Waals surface area contributed by atoms with Crippen molar-refractivity contribution < 1.29 is 9.32 Å². The van der Waals surface area contributed by atoms with Crippen LogP contribution in [0.2, 0.25) is 0 Å². The van der Waals surface area contributed by atoms with E-state index in [0.717, 1.165) is 28.9 Å². The molecule has 0 aromatic carbocycles. The first-order valence-corrected chi connectivity index (χ1v) is 9.21. The van der Waals surface area contributed by atoms with E-state index in [4.69, 9.17) is 10.3 Å². The number of nitrogens with zero attached hydrogens (tertiary/aromatic N) is 3. The van der Waals surface area contributed by atoms with E-state index < -0.39 is 0 Å². The van der Waals surface area contributed by atoms with Crippen LogP contribution in [0.4, 0.5) is 0 Å². The molecule has 0 aliphatic carbocycles. The van der Waals surface area contributed by atoms with E-state index in [1.165, 1.54) is 0 Å². The Morgan fingerprint density at radius 2 is 2.43 bits per heavy atom. The first-order valence-electron chi connectivity index (χ1n) is 7.54. The van der Waals surface area contributed by atoms with E-state index in [2.05, 4.69) is 33.0 Å². The van der Waals surface area contributed by atoms with Gasteiger partial charge in [-0.2, -0.15) is 4.98 Å². The van der Waals surface area contributed by atoms with Crippen LogP contribution >= 0.6 is 27.3 Å². The minimum absolute atomic E-state index is 0.0554. The molecule has 3 rings (SSSR count). The summed E-state index contributed by atoms with van der Waals surface area (Å²) in [7, 11) is 0. The van der Waals surface area contributed by atoms with Gasteiger partial charge >= 0.3 is 0 Å². The smallest absolute Gasteiger partial charge is 0.227 e. The van der Waals surface area contributed by atoms with Crippen molar-refractivity contribution in [3.8, 4) is 10.7 Å². The molecule has 2 N–H and O–H groups in total. The van der Waals surface area contributed by atoms with Gasteiger partial charge in [-0.1, -0.05) is 12.1 Å². The molecule has 2 aromatic rings. The maximum absolute atomic E-state index is 12.3. The quantitative estimate of drug-likeness (QED) is 0.836. The maximum Gasteiger partial charge on any atom is 0.227 e. The van der Waals surface area contributed by atoms with E-state index in [1.807, 2.05) is 16.3 Å². The average Bonchev–Trinajstić information content (AvgIpc) is 3.25. The van der Waals surface area contributed by atoms with E-state index in [0.29, 0.717) is 31.1 Å². The molecule has 1 amide bonds. The molecule has 23 heavy (non-hydrogen) atoms. The summed E-state index contributed by atoms with van der Waals surface area (Å²) in [5.74, 6) is 1.19. The van der Waals surface area contributed by atoms with E-state index >= 15 is 0 Å². The highest BCUT2D eigenvalue weighted by atomic mass is 79.9. The normalized spacial score (nSPS) is 21.1. The second-order valence-corrected chi connectivity index (χ2v) is 8.05. The summed E-state index contributed by atoms with van der Waals surface area (Å²) >= 11 is 4.95. The molecule has 0 radical (unpaired) electrons. The summed E-state index contributed by atoms with van der Waals surface area (Å²) in [6.07, 6.45) is 1.82. The van der Waals surface area contributed by atoms with Crippen LogP contribution < -0.4 is 5.73 Å². The van der Waals surface area contributed by atoms with Crippen molar-refractivity contribution in [3.63, 3.8) is 0 Å². The Hall–Kier alpha value is -1.25. The van der Waals surface area contributed by atoms with Gasteiger partial charge in [-0.05, 0) is 40.4 Å². The number of likely N-dealkylation sites (tertiary alicyclic amines) is 1. The fraction of sp³-hybridized carbons (Fsp3) is 0.533. The van der Waals surface area contributed by atoms with Gasteiger partial charge in [0.15, 0.2) is 0 Å². The number of hydrogen-bond donors (Lipinski definition) is 1. The Labute approximate surface area is 147 Å². The number of hydrogen-bond acceptors (Lipinski definition) is 6. The molecule has 6 nitrogen and oxygen atoms in total. The van der Waals surface area contributed by atoms with Crippen molar-refractivity contribution in [3.05, 3.63) is 21.8 Å². The lowest BCUT2D eigenvalue weighted by Crippen LogP contribution is -2.34. The molecule has 8 heteroatoms. The minimum atomic E-state index is 0.0554. The number of aromatic nitrogens is 2. The van der Waals surface area contributed by atoms with Gasteiger partial charge in [-0.3, -0.25) is 4.79 Å². The zero-order chi connectivity index (χ0) is 16.4. The number of rotatable bonds is 5. The zero-order valence-corrected chi connectivity index (χ0v) is 15.3. The molecule has 0 saturated carbocycles. The second kappa shape index (κ2) is 6.70. The largest absolute Gasteiger partial charge is 0.342 e. The standard InChI is InChI=1S/C15H19BrN4O2S/c1-15(8-17)4-5-20(9-15)13(21)3-2-12-18-14(19-22-12)11-6-10(16)7-23-11/h6-7H,2-5,8-9,17H2,1H3. The lowest BCUT2D eigenvalue weighted by molar-refractivity contribution is -0.130. The van der Waals surface area contributed by atoms with Crippen LogP contribution in [0.3, 0.4) is 0 Å². The average molecular weight is 399 g/mol. The van der Waals surface area contributed by atoms with Gasteiger partial charge in [-0.15, -0.1) is 11.3 Å². The van der Waals surface area contributed by atoms with Crippen LogP contribution in [0, 0.1) is 5.41 Å². The molecule has 1 fully saturated rings. The van der Waals surface area contributed by atoms with Gasteiger partial charge in [0.25, 0.3) is 0 Å². The molecule has 1 atom stereocenters. The van der Waals surface area contributed by atoms with E-state index in [1.54, 1.807) is 11.3 Å². The summed E-state index contributed by atoms with van der Waals surface area (Å²) in [6.45, 7) is 4.26. The molecule has 124 valence electrons. The highest BCUT2D eigenvalue weighted by molar-refractivity contribution is 9.10. The number of nitrogens with two attached hydrogens (primary N) is 1. The molecule has 1 unspecified atom stereocenters. The number of halogens is 1. The molecule has 0 spiro atoms. The zero-order valence-electron chi connectivity index (χ0n) is 12.9. The van der Waals surface area contributed by atoms with Crippen LogP contribution in [-0.2, 0) is 11.2 Å². The third-order valence-corrected chi connectivity index (χ3v) is 5.90. The lowest BCUT2D eigenvalue weighted by atomic mass is 9.90. The van der Waals surface area contributed by atoms with Gasteiger partial charge in [0.2, 0.25) is 17.6 Å². The minimum Gasteiger partial charge on any atom is -0.342 e. The molecule has 1 saturated heterocycles. The Morgan fingerprint density at radius 1 is 1.61 bits per heavy atom. The number of amides is 1. The molecule has 1 aliphatic rings. The fourth-order valence-electron chi connectivity index (χ4n) is 2.66. The number of thiophene rings is 1. The monoisotopic (exact) mass is 398 g/mol. The van der Waals surface area contributed by atoms with Gasteiger partial charge in [0.05, 0.1) is 4.88 Å². The maximum atomic E-state index is 12.3. The van der Waals surface area contributed by atoms with Crippen LogP contribution in [-0.4, -0.2) is 40.6 Å². The second-order valence-electron chi connectivity index (χ2n) is 6.22. The molecular formula is C15H19BrN4O2S. The first-order chi connectivity index (χ1) is 11.0. The molecule has 0 bridgehead atoms. The molecule has 1 aliphatic heterocycles. The number of carbonyl (C=O) groups excluding carboxylic acids is 1. The Morgan fingerprint density at radius 3 is 3.09 bits per heavy atom. The molecule has 3 heterocycles. The highest BCUT2D eigenvalue weighted by Crippen LogP contribution is 2.29. The van der Waals surface area contributed by atoms with Crippen molar-refractivity contribution in [2.24, 2.45) is 11.1 Å². The summed E-state index contributed by atoms with van der Waals surface area (Å²) in [6, 6.07) is 1.95. The Bertz CT molecular complexity index is 701. The van der Waals surface area contributed by atoms with Crippen molar-refractivity contribution >= 4 is 33.2 Å². The third-order valence-electron chi connectivity index (χ3n) is 4.21. The first kappa shape index (κ1) is 16.6. The van der Waals surface area contributed by atoms with Crippen LogP contribution in [0.25, 0.3) is 10.7 Å². The van der Waals surface area contributed by atoms with Crippen molar-refractivity contribution in [2.45, 2.75) is 26.2 Å². The van der Waals surface area contributed by atoms with Gasteiger partial charge in [-0.25, -0.2) is 0 Å². The topological polar surface area (TPSA) is 85.2 Å². The molecule has 2 aromatic heterocycles. The predicted molar refractivity (Wildman–Crippen MR) is 92.0 cm³/mol. The number of carbonyl (C=O) groups is 1. The van der Waals surface area contributed by atoms with Crippen LogP contribution in [0.1, 0.15) is 25.7 Å². The van der Waals surface area contributed by atoms with Crippen molar-refractivity contribution in [1.82, 2.24) is 15.0 Å². The Balaban J connectivity index is 1.55. The highest BCUT2D eigenvalue weighted by Gasteiger charge is 2.34. The van der Waals surface area contributed by atoms with E-state index in [9.17, 15) is 4.79 Å². The molecular weight excluding hydrogens is 380 g/mol. The third kappa shape index (κ3) is 3.81. The fourth-order valence-corrected chi connectivity index (χ4v) is 4.01. The number of aryl methyl sites for hydroxylation is 1. The summed E-state index contributed by atoms with van der Waals surface area (Å²) in [4.78, 5) is 19.5. The van der Waals surface area contributed by atoms with Gasteiger partial charge in [0.1, 0.15) is 0 Å². The lowest BCUT2D eigenvalue weighted by Gasteiger charge is -2.22. The van der Waals surface area contributed by atoms with Crippen LogP contribution in [0.5, 0.6) is 0 Å². The van der Waals surface area contributed by atoms with Crippen molar-refractivity contribution in [2.75, 3.05) is 19.6 Å². The predicted octanol–water partition coefficient (Wildman–Crippen LogP) is 2.69. The van der Waals surface area contributed by atoms with Crippen molar-refractivity contribution in [1.29, 1.82) is 0 Å². The van der Waals surface area contributed by atoms with Gasteiger partial charge in [0, 0.05) is 35.8 Å². The van der Waals surface area contributed by atoms with Crippen LogP contribution in [0.15, 0.2) is 20.4 Å². The summed E-state index contributed by atoms with van der Waals surface area (Å²) in [5.41, 5.74) is 5.84. The summed E-state index contributed by atoms with van der Waals surface area (Å²) < 4.78 is 6.24. The van der Waals surface area contributed by atoms with Gasteiger partial charge < -0.3 is 15.2 Å². The van der Waals surface area contributed by atoms with E-state index in [-0.39, 0.29) is 11.3 Å². The Kier molecular flexibility index (Phi) is 4.84.